The van der Waals surface area contributed by atoms with Crippen LogP contribution in [0.25, 0.3) is 0 Å². The maximum Gasteiger partial charge on any atom is 0.306 e. The first-order chi connectivity index (χ1) is 22.7. The molecule has 6 rings (SSSR count). The van der Waals surface area contributed by atoms with Crippen molar-refractivity contribution in [3.63, 3.8) is 0 Å². The topological polar surface area (TPSA) is 119 Å². The summed E-state index contributed by atoms with van der Waals surface area (Å²) in [7, 11) is 0. The highest BCUT2D eigenvalue weighted by atomic mass is 16.5. The molecule has 4 fully saturated rings. The van der Waals surface area contributed by atoms with Crippen LogP contribution in [0.1, 0.15) is 117 Å². The van der Waals surface area contributed by atoms with Crippen molar-refractivity contribution in [3.05, 3.63) is 47.5 Å². The summed E-state index contributed by atoms with van der Waals surface area (Å²) < 4.78 is 11.4. The van der Waals surface area contributed by atoms with Crippen molar-refractivity contribution in [2.24, 2.45) is 28.6 Å². The highest BCUT2D eigenvalue weighted by Crippen LogP contribution is 2.67. The van der Waals surface area contributed by atoms with Gasteiger partial charge in [-0.05, 0) is 113 Å². The molecule has 1 aromatic rings. The first-order valence-corrected chi connectivity index (χ1v) is 18.3. The molecule has 1 heterocycles. The Bertz CT molecular complexity index is 1450. The molecule has 0 spiro atoms. The third-order valence-corrected chi connectivity index (χ3v) is 13.6. The first-order valence-electron chi connectivity index (χ1n) is 18.3. The maximum atomic E-state index is 13.6. The van der Waals surface area contributed by atoms with Gasteiger partial charge < -0.3 is 19.9 Å². The van der Waals surface area contributed by atoms with Crippen LogP contribution in [-0.4, -0.2) is 59.5 Å². The summed E-state index contributed by atoms with van der Waals surface area (Å²) in [6.45, 7) is 9.28. The van der Waals surface area contributed by atoms with Crippen molar-refractivity contribution < 1.29 is 33.8 Å². The summed E-state index contributed by atoms with van der Waals surface area (Å²) in [5.41, 5.74) is 0.112. The molecular formula is C40H55NO7. The first kappa shape index (κ1) is 35.0. The number of hydrogen-bond acceptors (Lipinski definition) is 7. The molecule has 0 aromatic heterocycles. The number of ether oxygens (including phenoxy) is 2. The van der Waals surface area contributed by atoms with Gasteiger partial charge in [-0.15, -0.1) is 0 Å². The number of carbonyl (C=O) groups is 4. The van der Waals surface area contributed by atoms with Crippen molar-refractivity contribution in [3.8, 4) is 0 Å². The fourth-order valence-electron chi connectivity index (χ4n) is 11.0. The lowest BCUT2D eigenvalue weighted by atomic mass is 9.46. The average Bonchev–Trinajstić information content (AvgIpc) is 3.34. The molecule has 3 saturated carbocycles. The summed E-state index contributed by atoms with van der Waals surface area (Å²) in [4.78, 5) is 51.1. The van der Waals surface area contributed by atoms with Crippen LogP contribution >= 0.6 is 0 Å². The zero-order valence-electron chi connectivity index (χ0n) is 29.4. The van der Waals surface area contributed by atoms with Crippen molar-refractivity contribution >= 4 is 23.4 Å². The molecule has 5 aliphatic rings. The third kappa shape index (κ3) is 6.32. The van der Waals surface area contributed by atoms with Crippen molar-refractivity contribution in [2.45, 2.75) is 128 Å². The number of amides is 1. The van der Waals surface area contributed by atoms with E-state index in [0.29, 0.717) is 37.8 Å². The smallest absolute Gasteiger partial charge is 0.306 e. The molecule has 1 amide bonds. The molecule has 7 atom stereocenters. The predicted molar refractivity (Wildman–Crippen MR) is 182 cm³/mol. The minimum absolute atomic E-state index is 0.0200. The van der Waals surface area contributed by atoms with Crippen LogP contribution in [0.2, 0.25) is 0 Å². The van der Waals surface area contributed by atoms with Gasteiger partial charge in [0, 0.05) is 36.8 Å². The lowest BCUT2D eigenvalue weighted by molar-refractivity contribution is -0.170. The van der Waals surface area contributed by atoms with Gasteiger partial charge in [0.15, 0.2) is 12.4 Å². The van der Waals surface area contributed by atoms with Gasteiger partial charge >= 0.3 is 5.97 Å². The van der Waals surface area contributed by atoms with E-state index in [2.05, 4.69) is 45.1 Å². The number of benzene rings is 1. The van der Waals surface area contributed by atoms with Crippen LogP contribution in [0.15, 0.2) is 42.0 Å². The van der Waals surface area contributed by atoms with Crippen molar-refractivity contribution in [2.75, 3.05) is 19.8 Å². The second-order valence-electron chi connectivity index (χ2n) is 16.7. The van der Waals surface area contributed by atoms with Gasteiger partial charge in [-0.2, -0.15) is 0 Å². The van der Waals surface area contributed by atoms with Crippen molar-refractivity contribution in [1.82, 2.24) is 5.32 Å². The number of fused-ring (bicyclic) bond motifs is 5. The number of Topliss-reactive ketones (excluding diaryl/α,β-unsaturated/α-hetero) is 1. The number of aliphatic hydroxyl groups is 1. The molecule has 0 radical (unpaired) electrons. The Balaban J connectivity index is 0.981. The van der Waals surface area contributed by atoms with Gasteiger partial charge in [0.2, 0.25) is 11.7 Å². The highest BCUT2D eigenvalue weighted by molar-refractivity contribution is 5.92. The van der Waals surface area contributed by atoms with Crippen LogP contribution in [-0.2, 0) is 34.1 Å². The van der Waals surface area contributed by atoms with Gasteiger partial charge in [-0.25, -0.2) is 0 Å². The Morgan fingerprint density at radius 2 is 1.69 bits per heavy atom. The van der Waals surface area contributed by atoms with E-state index in [4.69, 9.17) is 9.47 Å². The summed E-state index contributed by atoms with van der Waals surface area (Å²) in [6, 6.07) is 10.4. The number of nitrogens with one attached hydrogen (secondary N) is 1. The molecule has 0 unspecified atom stereocenters. The van der Waals surface area contributed by atoms with E-state index in [1.807, 2.05) is 24.3 Å². The van der Waals surface area contributed by atoms with Gasteiger partial charge in [-0.1, -0.05) is 49.8 Å². The monoisotopic (exact) mass is 661 g/mol. The van der Waals surface area contributed by atoms with Crippen LogP contribution in [0, 0.1) is 28.6 Å². The molecule has 262 valence electrons. The van der Waals surface area contributed by atoms with E-state index in [1.165, 1.54) is 11.1 Å². The SMILES string of the molecule is CC1(C)C[C@@](CCNC(=O)CCC(=O)OCC(=O)[C@@]2(O)CC[C@H]3[C@@H]4CCC5=CC(=O)CC[C@]5(C)[C@H]4CC[C@@]32C)(c2ccccc2)CCO1. The summed E-state index contributed by atoms with van der Waals surface area (Å²) in [5, 5.41) is 14.9. The number of hydrogen-bond donors (Lipinski definition) is 2. The third-order valence-electron chi connectivity index (χ3n) is 13.6. The van der Waals surface area contributed by atoms with E-state index >= 15 is 0 Å². The van der Waals surface area contributed by atoms with Crippen LogP contribution in [0.4, 0.5) is 0 Å². The second kappa shape index (κ2) is 13.1. The zero-order valence-corrected chi connectivity index (χ0v) is 29.4. The largest absolute Gasteiger partial charge is 0.458 e. The standard InChI is InChI=1S/C40H55NO7/c1-36(2)26-39(21-23-48-36,27-8-6-5-7-9-27)20-22-41-34(44)12-13-35(45)47-25-33(43)40(46)19-16-32-30-11-10-28-24-29(42)14-17-37(28,3)31(30)15-18-38(32,40)4/h5-9,24,30-32,46H,10-23,25-26H2,1-4H3,(H,41,44)/t30-,31+,32+,37+,38+,39+,40+/m1/s1. The minimum Gasteiger partial charge on any atom is -0.458 e. The Hall–Kier alpha value is -2.84. The highest BCUT2D eigenvalue weighted by Gasteiger charge is 2.66. The van der Waals surface area contributed by atoms with Gasteiger partial charge in [0.1, 0.15) is 5.60 Å². The Labute approximate surface area is 285 Å². The molecule has 8 nitrogen and oxygen atoms in total. The number of esters is 1. The lowest BCUT2D eigenvalue weighted by Gasteiger charge is -2.58. The Morgan fingerprint density at radius 3 is 2.44 bits per heavy atom. The fraction of sp³-hybridized carbons (Fsp3) is 0.700. The molecule has 1 aliphatic heterocycles. The molecule has 1 saturated heterocycles. The van der Waals surface area contributed by atoms with E-state index < -0.39 is 29.4 Å². The van der Waals surface area contributed by atoms with E-state index in [9.17, 15) is 24.3 Å². The summed E-state index contributed by atoms with van der Waals surface area (Å²) in [5.74, 6) is 0.0535. The van der Waals surface area contributed by atoms with E-state index in [1.54, 1.807) is 0 Å². The predicted octanol–water partition coefficient (Wildman–Crippen LogP) is 6.18. The van der Waals surface area contributed by atoms with E-state index in [-0.39, 0.29) is 46.9 Å². The minimum atomic E-state index is -1.53. The number of rotatable bonds is 10. The molecule has 48 heavy (non-hydrogen) atoms. The average molecular weight is 662 g/mol. The van der Waals surface area contributed by atoms with Gasteiger partial charge in [0.05, 0.1) is 12.0 Å². The number of allylic oxidation sites excluding steroid dienone is 1. The fourth-order valence-corrected chi connectivity index (χ4v) is 11.0. The molecular weight excluding hydrogens is 606 g/mol. The molecule has 8 heteroatoms. The quantitative estimate of drug-likeness (QED) is 0.288. The number of carbonyl (C=O) groups excluding carboxylic acids is 4. The second-order valence-corrected chi connectivity index (χ2v) is 16.7. The lowest BCUT2D eigenvalue weighted by Crippen LogP contribution is -2.58. The molecule has 4 aliphatic carbocycles. The Morgan fingerprint density at radius 1 is 0.938 bits per heavy atom. The van der Waals surface area contributed by atoms with Crippen molar-refractivity contribution in [1.29, 1.82) is 0 Å². The Kier molecular flexibility index (Phi) is 9.57. The summed E-state index contributed by atoms with van der Waals surface area (Å²) >= 11 is 0. The van der Waals surface area contributed by atoms with Gasteiger partial charge in [0.25, 0.3) is 0 Å². The van der Waals surface area contributed by atoms with Gasteiger partial charge in [-0.3, -0.25) is 19.2 Å². The molecule has 0 bridgehead atoms. The maximum absolute atomic E-state index is 13.6. The number of ketones is 2. The van der Waals surface area contributed by atoms with Crippen LogP contribution in [0.5, 0.6) is 0 Å². The molecule has 2 N–H and O–H groups in total. The van der Waals surface area contributed by atoms with Crippen LogP contribution < -0.4 is 5.32 Å². The normalized spacial score (nSPS) is 37.0. The summed E-state index contributed by atoms with van der Waals surface area (Å²) in [6.07, 6.45) is 10.5. The van der Waals surface area contributed by atoms with Crippen LogP contribution in [0.3, 0.4) is 0 Å². The zero-order chi connectivity index (χ0) is 34.4. The van der Waals surface area contributed by atoms with E-state index in [0.717, 1.165) is 57.8 Å². The molecule has 1 aromatic carbocycles.